The van der Waals surface area contributed by atoms with Gasteiger partial charge < -0.3 is 50.7 Å². The van der Waals surface area contributed by atoms with E-state index in [0.29, 0.717) is 0 Å². The van der Waals surface area contributed by atoms with Gasteiger partial charge in [0.15, 0.2) is 11.9 Å². The second kappa shape index (κ2) is 10.0. The summed E-state index contributed by atoms with van der Waals surface area (Å²) in [4.78, 5) is 48.0. The molecular weight excluding hydrogens is 460 g/mol. The summed E-state index contributed by atoms with van der Waals surface area (Å²) in [6, 6.07) is 4.22. The van der Waals surface area contributed by atoms with E-state index in [-0.39, 0.29) is 11.3 Å². The van der Waals surface area contributed by atoms with E-state index in [1.165, 1.54) is 18.2 Å². The Morgan fingerprint density at radius 3 is 2.41 bits per heavy atom. The van der Waals surface area contributed by atoms with Gasteiger partial charge in [-0.05, 0) is 6.07 Å². The Balaban J connectivity index is 1.94. The van der Waals surface area contributed by atoms with E-state index in [0.717, 1.165) is 0 Å². The minimum Gasteiger partial charge on any atom is -0.481 e. The van der Waals surface area contributed by atoms with Gasteiger partial charge in [0.25, 0.3) is 5.91 Å². The number of carboxylic acids is 2. The van der Waals surface area contributed by atoms with Gasteiger partial charge in [-0.25, -0.2) is 4.79 Å². The molecule has 0 saturated carbocycles. The van der Waals surface area contributed by atoms with E-state index < -0.39 is 85.6 Å². The highest BCUT2D eigenvalue weighted by atomic mass is 16.7. The van der Waals surface area contributed by atoms with Crippen molar-refractivity contribution in [2.75, 3.05) is 11.9 Å². The highest BCUT2D eigenvalue weighted by Crippen LogP contribution is 2.43. The van der Waals surface area contributed by atoms with Gasteiger partial charge in [-0.2, -0.15) is 0 Å². The van der Waals surface area contributed by atoms with Crippen LogP contribution in [0.1, 0.15) is 18.4 Å². The number of anilines is 1. The molecule has 7 atom stereocenters. The molecule has 0 aliphatic carbocycles. The number of aliphatic carboxylic acids is 2. The molecule has 34 heavy (non-hydrogen) atoms. The molecule has 0 spiro atoms. The number of ether oxygens (including phenoxy) is 2. The van der Waals surface area contributed by atoms with Crippen LogP contribution in [0.4, 0.5) is 5.69 Å². The maximum Gasteiger partial charge on any atom is 0.326 e. The van der Waals surface area contributed by atoms with Crippen molar-refractivity contribution in [3.63, 3.8) is 0 Å². The third-order valence-electron chi connectivity index (χ3n) is 5.56. The Morgan fingerprint density at radius 1 is 1.12 bits per heavy atom. The van der Waals surface area contributed by atoms with Crippen molar-refractivity contribution in [1.82, 2.24) is 5.32 Å². The number of carbonyl (C=O) groups excluding carboxylic acids is 2. The number of aliphatic hydroxyl groups excluding tert-OH is 4. The molecule has 1 saturated heterocycles. The van der Waals surface area contributed by atoms with Gasteiger partial charge in [0.2, 0.25) is 5.91 Å². The lowest BCUT2D eigenvalue weighted by molar-refractivity contribution is -0.323. The standard InChI is InChI=1S/C20H24N2O12/c23-7-11-14(27)15(28)16(29)18(33-11)34-20(8-3-1-2-4-9(8)22-19(20)32)6-12(24)21-10(17(30)31)5-13(25)26/h1-4,10-11,14-16,18,23,27-29H,5-7H2,(H,21,24)(H,22,32)(H,25,26)(H,30,31)/t10-,11+,14+,15-,16+,18-,20?/m0/s1. The number of carbonyl (C=O) groups is 4. The van der Waals surface area contributed by atoms with Crippen LogP contribution >= 0.6 is 0 Å². The van der Waals surface area contributed by atoms with Crippen molar-refractivity contribution in [2.45, 2.75) is 55.2 Å². The molecule has 1 fully saturated rings. The number of rotatable bonds is 9. The molecule has 1 aromatic carbocycles. The lowest BCUT2D eigenvalue weighted by Crippen LogP contribution is -2.61. The Kier molecular flexibility index (Phi) is 7.50. The summed E-state index contributed by atoms with van der Waals surface area (Å²) in [6.07, 6.45) is -10.4. The summed E-state index contributed by atoms with van der Waals surface area (Å²) >= 11 is 0. The molecule has 0 aromatic heterocycles. The molecule has 8 N–H and O–H groups in total. The van der Waals surface area contributed by atoms with Crippen molar-refractivity contribution in [1.29, 1.82) is 0 Å². The zero-order valence-corrected chi connectivity index (χ0v) is 17.5. The first-order chi connectivity index (χ1) is 16.0. The largest absolute Gasteiger partial charge is 0.481 e. The minimum atomic E-state index is -2.19. The number of amides is 2. The minimum absolute atomic E-state index is 0.122. The number of benzene rings is 1. The Bertz CT molecular complexity index is 969. The van der Waals surface area contributed by atoms with Crippen LogP contribution in [0.15, 0.2) is 24.3 Å². The summed E-state index contributed by atoms with van der Waals surface area (Å²) < 4.78 is 11.1. The van der Waals surface area contributed by atoms with Gasteiger partial charge in [0, 0.05) is 11.3 Å². The Hall–Kier alpha value is -3.14. The number of carboxylic acid groups (broad SMARTS) is 2. The van der Waals surface area contributed by atoms with Crippen LogP contribution in [0, 0.1) is 0 Å². The number of hydrogen-bond acceptors (Lipinski definition) is 10. The molecule has 2 aliphatic rings. The van der Waals surface area contributed by atoms with Crippen molar-refractivity contribution < 1.29 is 59.3 Å². The summed E-state index contributed by atoms with van der Waals surface area (Å²) in [6.45, 7) is -0.767. The number of hydrogen-bond donors (Lipinski definition) is 8. The molecule has 0 radical (unpaired) electrons. The topological polar surface area (TPSA) is 232 Å². The van der Waals surface area contributed by atoms with Gasteiger partial charge in [-0.15, -0.1) is 0 Å². The first kappa shape index (κ1) is 25.5. The third kappa shape index (κ3) is 4.86. The molecular formula is C20H24N2O12. The molecule has 3 rings (SSSR count). The molecule has 1 unspecified atom stereocenters. The first-order valence-electron chi connectivity index (χ1n) is 10.1. The number of fused-ring (bicyclic) bond motifs is 1. The molecule has 14 heteroatoms. The molecule has 186 valence electrons. The fraction of sp³-hybridized carbons (Fsp3) is 0.500. The molecule has 2 aliphatic heterocycles. The highest BCUT2D eigenvalue weighted by molar-refractivity contribution is 6.07. The van der Waals surface area contributed by atoms with Gasteiger partial charge in [-0.1, -0.05) is 18.2 Å². The quantitative estimate of drug-likeness (QED) is 0.176. The monoisotopic (exact) mass is 484 g/mol. The van der Waals surface area contributed by atoms with Gasteiger partial charge in [-0.3, -0.25) is 14.4 Å². The van der Waals surface area contributed by atoms with Gasteiger partial charge in [0.1, 0.15) is 30.5 Å². The zero-order chi connectivity index (χ0) is 25.2. The van der Waals surface area contributed by atoms with Crippen LogP contribution in [-0.2, 0) is 34.3 Å². The fourth-order valence-electron chi connectivity index (χ4n) is 3.83. The van der Waals surface area contributed by atoms with E-state index in [2.05, 4.69) is 5.32 Å². The van der Waals surface area contributed by atoms with E-state index in [1.54, 1.807) is 6.07 Å². The van der Waals surface area contributed by atoms with E-state index >= 15 is 0 Å². The number of nitrogens with one attached hydrogen (secondary N) is 2. The van der Waals surface area contributed by atoms with Crippen LogP contribution in [0.5, 0.6) is 0 Å². The summed E-state index contributed by atoms with van der Waals surface area (Å²) in [7, 11) is 0. The lowest BCUT2D eigenvalue weighted by Gasteiger charge is -2.42. The second-order valence-electron chi connectivity index (χ2n) is 7.87. The van der Waals surface area contributed by atoms with Crippen LogP contribution in [0.2, 0.25) is 0 Å². The summed E-state index contributed by atoms with van der Waals surface area (Å²) in [5, 5.41) is 62.4. The fourth-order valence-corrected chi connectivity index (χ4v) is 3.83. The maximum absolute atomic E-state index is 13.0. The first-order valence-corrected chi connectivity index (χ1v) is 10.1. The van der Waals surface area contributed by atoms with E-state index in [4.69, 9.17) is 14.6 Å². The summed E-state index contributed by atoms with van der Waals surface area (Å²) in [5.41, 5.74) is -1.83. The SMILES string of the molecule is O=C(O)C[C@H](NC(=O)CC1(O[C@@H]2O[C@H](CO)[C@@H](O)[C@H](O)[C@H]2O)C(=O)Nc2ccccc21)C(=O)O. The van der Waals surface area contributed by atoms with Crippen LogP contribution < -0.4 is 10.6 Å². The van der Waals surface area contributed by atoms with Crippen molar-refractivity contribution in [2.24, 2.45) is 0 Å². The Labute approximate surface area is 191 Å². The molecule has 2 heterocycles. The Morgan fingerprint density at radius 2 is 1.79 bits per heavy atom. The van der Waals surface area contributed by atoms with E-state index in [1.807, 2.05) is 5.32 Å². The van der Waals surface area contributed by atoms with Crippen LogP contribution in [-0.4, -0.2) is 97.7 Å². The molecule has 2 amide bonds. The summed E-state index contributed by atoms with van der Waals surface area (Å²) in [5.74, 6) is -5.05. The molecule has 14 nitrogen and oxygen atoms in total. The van der Waals surface area contributed by atoms with Crippen molar-refractivity contribution in [3.05, 3.63) is 29.8 Å². The lowest BCUT2D eigenvalue weighted by atomic mass is 9.90. The second-order valence-corrected chi connectivity index (χ2v) is 7.87. The molecule has 0 bridgehead atoms. The van der Waals surface area contributed by atoms with Crippen molar-refractivity contribution in [3.8, 4) is 0 Å². The highest BCUT2D eigenvalue weighted by Gasteiger charge is 2.55. The normalized spacial score (nSPS) is 31.3. The zero-order valence-electron chi connectivity index (χ0n) is 17.5. The van der Waals surface area contributed by atoms with Gasteiger partial charge >= 0.3 is 11.9 Å². The average molecular weight is 484 g/mol. The predicted octanol–water partition coefficient (Wildman–Crippen LogP) is -2.92. The maximum atomic E-state index is 13.0. The third-order valence-corrected chi connectivity index (χ3v) is 5.56. The molecule has 1 aromatic rings. The smallest absolute Gasteiger partial charge is 0.326 e. The van der Waals surface area contributed by atoms with Gasteiger partial charge in [0.05, 0.1) is 19.4 Å². The van der Waals surface area contributed by atoms with Crippen LogP contribution in [0.3, 0.4) is 0 Å². The van der Waals surface area contributed by atoms with E-state index in [9.17, 15) is 44.7 Å². The number of aliphatic hydroxyl groups is 4. The predicted molar refractivity (Wildman–Crippen MR) is 108 cm³/mol. The number of para-hydroxylation sites is 1. The average Bonchev–Trinajstić information content (AvgIpc) is 3.04. The van der Waals surface area contributed by atoms with Crippen LogP contribution in [0.25, 0.3) is 0 Å². The van der Waals surface area contributed by atoms with Crippen molar-refractivity contribution >= 4 is 29.4 Å².